The van der Waals surface area contributed by atoms with Crippen molar-refractivity contribution in [2.75, 3.05) is 19.4 Å². The molecule has 0 fully saturated rings. The highest BCUT2D eigenvalue weighted by Gasteiger charge is 2.19. The van der Waals surface area contributed by atoms with Gasteiger partial charge in [-0.1, -0.05) is 6.92 Å². The first-order chi connectivity index (χ1) is 8.82. The fourth-order valence-corrected chi connectivity index (χ4v) is 2.58. The molecule has 0 aliphatic rings. The molecule has 0 heterocycles. The Kier molecular flexibility index (Phi) is 8.33. The number of hydrogen-bond donors (Lipinski definition) is 2. The molecule has 0 saturated carbocycles. The fourth-order valence-electron chi connectivity index (χ4n) is 1.29. The van der Waals surface area contributed by atoms with Crippen LogP contribution in [0.2, 0.25) is 0 Å². The predicted octanol–water partition coefficient (Wildman–Crippen LogP) is -0.226. The van der Waals surface area contributed by atoms with Crippen LogP contribution < -0.4 is 10.0 Å². The van der Waals surface area contributed by atoms with Crippen LogP contribution in [0, 0.1) is 0 Å². The van der Waals surface area contributed by atoms with E-state index in [1.54, 1.807) is 0 Å². The number of rotatable bonds is 9. The van der Waals surface area contributed by atoms with E-state index in [0.29, 0.717) is 6.54 Å². The Morgan fingerprint density at radius 2 is 1.95 bits per heavy atom. The number of carbonyl (C=O) groups is 2. The van der Waals surface area contributed by atoms with Crippen molar-refractivity contribution in [3.63, 3.8) is 0 Å². The van der Waals surface area contributed by atoms with E-state index in [1.807, 2.05) is 6.92 Å². The molecule has 1 amide bonds. The SMILES string of the molecule is CCCNC(=O)C(C)NS(=O)(=O)CCCC(=O)OC. The molecule has 2 N–H and O–H groups in total. The standard InChI is InChI=1S/C11H22N2O5S/c1-4-7-12-11(15)9(2)13-19(16,17)8-5-6-10(14)18-3/h9,13H,4-8H2,1-3H3,(H,12,15). The Morgan fingerprint density at radius 1 is 1.32 bits per heavy atom. The van der Waals surface area contributed by atoms with Gasteiger partial charge in [-0.15, -0.1) is 0 Å². The van der Waals surface area contributed by atoms with Crippen molar-refractivity contribution >= 4 is 21.9 Å². The summed E-state index contributed by atoms with van der Waals surface area (Å²) in [7, 11) is -2.33. The summed E-state index contributed by atoms with van der Waals surface area (Å²) in [5.74, 6) is -1.03. The molecule has 112 valence electrons. The summed E-state index contributed by atoms with van der Waals surface area (Å²) in [6.45, 7) is 3.89. The van der Waals surface area contributed by atoms with Crippen LogP contribution in [0.25, 0.3) is 0 Å². The van der Waals surface area contributed by atoms with E-state index in [1.165, 1.54) is 14.0 Å². The summed E-state index contributed by atoms with van der Waals surface area (Å²) in [6, 6.07) is -0.824. The first-order valence-corrected chi connectivity index (χ1v) is 7.82. The monoisotopic (exact) mass is 294 g/mol. The van der Waals surface area contributed by atoms with Gasteiger partial charge in [-0.05, 0) is 19.8 Å². The second-order valence-electron chi connectivity index (χ2n) is 4.13. The average molecular weight is 294 g/mol. The van der Waals surface area contributed by atoms with Crippen molar-refractivity contribution in [2.45, 2.75) is 39.2 Å². The minimum atomic E-state index is -3.57. The number of esters is 1. The molecule has 0 radical (unpaired) electrons. The first kappa shape index (κ1) is 17.8. The zero-order valence-electron chi connectivity index (χ0n) is 11.6. The number of sulfonamides is 1. The maximum absolute atomic E-state index is 11.6. The van der Waals surface area contributed by atoms with E-state index >= 15 is 0 Å². The smallest absolute Gasteiger partial charge is 0.305 e. The Hall–Kier alpha value is -1.15. The lowest BCUT2D eigenvalue weighted by Gasteiger charge is -2.13. The Bertz CT molecular complexity index is 394. The summed E-state index contributed by atoms with van der Waals surface area (Å²) in [6.07, 6.45) is 0.976. The van der Waals surface area contributed by atoms with Gasteiger partial charge in [-0.25, -0.2) is 13.1 Å². The van der Waals surface area contributed by atoms with Gasteiger partial charge in [0.25, 0.3) is 0 Å². The predicted molar refractivity (Wildman–Crippen MR) is 70.9 cm³/mol. The van der Waals surface area contributed by atoms with Crippen LogP contribution in [-0.2, 0) is 24.3 Å². The molecule has 0 aromatic carbocycles. The van der Waals surface area contributed by atoms with E-state index < -0.39 is 22.0 Å². The maximum Gasteiger partial charge on any atom is 0.305 e. The second-order valence-corrected chi connectivity index (χ2v) is 6.00. The van der Waals surface area contributed by atoms with Crippen molar-refractivity contribution in [3.05, 3.63) is 0 Å². The average Bonchev–Trinajstić information content (AvgIpc) is 2.34. The Morgan fingerprint density at radius 3 is 2.47 bits per heavy atom. The summed E-state index contributed by atoms with van der Waals surface area (Å²) in [5.41, 5.74) is 0. The molecule has 0 aromatic heterocycles. The molecule has 0 aromatic rings. The number of amides is 1. The molecule has 19 heavy (non-hydrogen) atoms. The van der Waals surface area contributed by atoms with Crippen molar-refractivity contribution in [1.82, 2.24) is 10.0 Å². The lowest BCUT2D eigenvalue weighted by Crippen LogP contribution is -2.45. The molecular formula is C11H22N2O5S. The zero-order chi connectivity index (χ0) is 14.9. The number of methoxy groups -OCH3 is 1. The minimum Gasteiger partial charge on any atom is -0.469 e. The highest BCUT2D eigenvalue weighted by atomic mass is 32.2. The van der Waals surface area contributed by atoms with Gasteiger partial charge in [0.15, 0.2) is 0 Å². The highest BCUT2D eigenvalue weighted by molar-refractivity contribution is 7.89. The summed E-state index contributed by atoms with van der Waals surface area (Å²) in [4.78, 5) is 22.3. The lowest BCUT2D eigenvalue weighted by molar-refractivity contribution is -0.140. The number of nitrogens with one attached hydrogen (secondary N) is 2. The molecule has 0 saturated heterocycles. The molecule has 0 spiro atoms. The third-order valence-electron chi connectivity index (χ3n) is 2.32. The van der Waals surface area contributed by atoms with Crippen LogP contribution in [0.3, 0.4) is 0 Å². The van der Waals surface area contributed by atoms with Crippen LogP contribution in [0.15, 0.2) is 0 Å². The van der Waals surface area contributed by atoms with E-state index in [-0.39, 0.29) is 24.5 Å². The molecule has 1 atom stereocenters. The van der Waals surface area contributed by atoms with Gasteiger partial charge in [0, 0.05) is 13.0 Å². The molecule has 0 rings (SSSR count). The fraction of sp³-hybridized carbons (Fsp3) is 0.818. The van der Waals surface area contributed by atoms with E-state index in [0.717, 1.165) is 6.42 Å². The van der Waals surface area contributed by atoms with Gasteiger partial charge < -0.3 is 10.1 Å². The summed E-state index contributed by atoms with van der Waals surface area (Å²) < 4.78 is 30.0. The number of hydrogen-bond acceptors (Lipinski definition) is 5. The number of carbonyl (C=O) groups excluding carboxylic acids is 2. The van der Waals surface area contributed by atoms with Crippen molar-refractivity contribution in [1.29, 1.82) is 0 Å². The Balaban J connectivity index is 4.14. The second kappa shape index (κ2) is 8.87. The van der Waals surface area contributed by atoms with Gasteiger partial charge in [0.05, 0.1) is 18.9 Å². The maximum atomic E-state index is 11.6. The molecule has 0 bridgehead atoms. The summed E-state index contributed by atoms with van der Waals surface area (Å²) in [5, 5.41) is 2.60. The van der Waals surface area contributed by atoms with Gasteiger partial charge in [-0.2, -0.15) is 0 Å². The minimum absolute atomic E-state index is 0.0355. The molecule has 8 heteroatoms. The van der Waals surface area contributed by atoms with Crippen LogP contribution in [0.4, 0.5) is 0 Å². The number of ether oxygens (including phenoxy) is 1. The van der Waals surface area contributed by atoms with Crippen molar-refractivity contribution in [3.8, 4) is 0 Å². The first-order valence-electron chi connectivity index (χ1n) is 6.17. The van der Waals surface area contributed by atoms with E-state index in [9.17, 15) is 18.0 Å². The lowest BCUT2D eigenvalue weighted by atomic mass is 10.3. The van der Waals surface area contributed by atoms with Gasteiger partial charge in [0.2, 0.25) is 15.9 Å². The van der Waals surface area contributed by atoms with Crippen molar-refractivity contribution < 1.29 is 22.7 Å². The van der Waals surface area contributed by atoms with Crippen LogP contribution >= 0.6 is 0 Å². The molecule has 0 aliphatic heterocycles. The normalized spacial score (nSPS) is 12.8. The quantitative estimate of drug-likeness (QED) is 0.572. The Labute approximate surface area is 114 Å². The largest absolute Gasteiger partial charge is 0.469 e. The molecule has 7 nitrogen and oxygen atoms in total. The van der Waals surface area contributed by atoms with Crippen molar-refractivity contribution in [2.24, 2.45) is 0 Å². The van der Waals surface area contributed by atoms with Crippen LogP contribution in [-0.4, -0.2) is 45.7 Å². The van der Waals surface area contributed by atoms with Crippen LogP contribution in [0.5, 0.6) is 0 Å². The van der Waals surface area contributed by atoms with Gasteiger partial charge in [-0.3, -0.25) is 9.59 Å². The van der Waals surface area contributed by atoms with Gasteiger partial charge >= 0.3 is 5.97 Å². The molecular weight excluding hydrogens is 272 g/mol. The van der Waals surface area contributed by atoms with E-state index in [2.05, 4.69) is 14.8 Å². The third kappa shape index (κ3) is 8.55. The topological polar surface area (TPSA) is 102 Å². The molecule has 1 unspecified atom stereocenters. The zero-order valence-corrected chi connectivity index (χ0v) is 12.4. The van der Waals surface area contributed by atoms with Gasteiger partial charge in [0.1, 0.15) is 0 Å². The highest BCUT2D eigenvalue weighted by Crippen LogP contribution is 1.98. The summed E-state index contributed by atoms with van der Waals surface area (Å²) >= 11 is 0. The van der Waals surface area contributed by atoms with Crippen LogP contribution in [0.1, 0.15) is 33.1 Å². The molecule has 0 aliphatic carbocycles. The third-order valence-corrected chi connectivity index (χ3v) is 3.86. The van der Waals surface area contributed by atoms with E-state index in [4.69, 9.17) is 0 Å².